The second kappa shape index (κ2) is 4.57. The Hall–Kier alpha value is -1.47. The maximum absolute atomic E-state index is 12.2. The third kappa shape index (κ3) is 2.62. The van der Waals surface area contributed by atoms with Crippen LogP contribution in [0.4, 0.5) is 0 Å². The van der Waals surface area contributed by atoms with Gasteiger partial charge >= 0.3 is 0 Å². The summed E-state index contributed by atoms with van der Waals surface area (Å²) in [7, 11) is -3.78. The van der Waals surface area contributed by atoms with Crippen LogP contribution in [-0.4, -0.2) is 42.2 Å². The maximum Gasteiger partial charge on any atom is 0.285 e. The Morgan fingerprint density at radius 1 is 1.37 bits per heavy atom. The van der Waals surface area contributed by atoms with E-state index in [9.17, 15) is 13.2 Å². The summed E-state index contributed by atoms with van der Waals surface area (Å²) in [5.74, 6) is -0.501. The van der Waals surface area contributed by atoms with Gasteiger partial charge in [-0.05, 0) is 32.9 Å². The lowest BCUT2D eigenvalue weighted by atomic mass is 10.1. The molecular formula is C12H17N3O3S. The van der Waals surface area contributed by atoms with Crippen LogP contribution < -0.4 is 5.32 Å². The van der Waals surface area contributed by atoms with Crippen LogP contribution in [0.2, 0.25) is 0 Å². The first-order valence-electron chi connectivity index (χ1n) is 6.00. The van der Waals surface area contributed by atoms with Crippen molar-refractivity contribution in [1.82, 2.24) is 14.6 Å². The number of sulfonamides is 1. The van der Waals surface area contributed by atoms with Gasteiger partial charge in [0.1, 0.15) is 0 Å². The first kappa shape index (κ1) is 14.0. The molecule has 0 fully saturated rings. The van der Waals surface area contributed by atoms with Gasteiger partial charge in [0, 0.05) is 18.3 Å². The van der Waals surface area contributed by atoms with Crippen LogP contribution >= 0.6 is 0 Å². The summed E-state index contributed by atoms with van der Waals surface area (Å²) in [6, 6.07) is 3.04. The maximum atomic E-state index is 12.2. The Bertz CT molecular complexity index is 605. The van der Waals surface area contributed by atoms with Crippen molar-refractivity contribution in [2.75, 3.05) is 13.1 Å². The Kier molecular flexibility index (Phi) is 3.36. The predicted molar refractivity (Wildman–Crippen MR) is 70.2 cm³/mol. The van der Waals surface area contributed by atoms with Crippen LogP contribution in [0.3, 0.4) is 0 Å². The van der Waals surface area contributed by atoms with Gasteiger partial charge in [0.05, 0.1) is 12.1 Å². The van der Waals surface area contributed by atoms with Crippen molar-refractivity contribution >= 4 is 15.9 Å². The molecule has 104 valence electrons. The summed E-state index contributed by atoms with van der Waals surface area (Å²) in [6.45, 7) is 6.44. The number of hydrogen-bond donors (Lipinski definition) is 1. The molecule has 0 saturated heterocycles. The number of nitrogens with one attached hydrogen (secondary N) is 1. The van der Waals surface area contributed by atoms with Crippen molar-refractivity contribution in [3.63, 3.8) is 0 Å². The molecule has 0 aliphatic carbocycles. The largest absolute Gasteiger partial charge is 0.310 e. The van der Waals surface area contributed by atoms with Gasteiger partial charge in [-0.1, -0.05) is 0 Å². The summed E-state index contributed by atoms with van der Waals surface area (Å²) < 4.78 is 25.2. The zero-order valence-electron chi connectivity index (χ0n) is 11.2. The zero-order chi connectivity index (χ0) is 14.3. The number of rotatable bonds is 3. The van der Waals surface area contributed by atoms with E-state index in [0.717, 1.165) is 4.31 Å². The van der Waals surface area contributed by atoms with Crippen LogP contribution in [0.5, 0.6) is 0 Å². The standard InChI is InChI=1S/C12H17N3O3S/c1-12(2,3)14-7-8-15-11(16)9-5-4-6-13-10(9)19(15,17)18/h4-6,14H,7-8H2,1-3H3. The highest BCUT2D eigenvalue weighted by Gasteiger charge is 2.41. The van der Waals surface area contributed by atoms with Gasteiger partial charge in [-0.2, -0.15) is 8.42 Å². The first-order valence-corrected chi connectivity index (χ1v) is 7.44. The molecule has 0 bridgehead atoms. The molecule has 0 saturated carbocycles. The fourth-order valence-corrected chi connectivity index (χ4v) is 3.35. The quantitative estimate of drug-likeness (QED) is 0.879. The van der Waals surface area contributed by atoms with Gasteiger partial charge in [-0.25, -0.2) is 9.29 Å². The molecule has 2 rings (SSSR count). The smallest absolute Gasteiger partial charge is 0.285 e. The highest BCUT2D eigenvalue weighted by Crippen LogP contribution is 2.27. The number of pyridine rings is 1. The van der Waals surface area contributed by atoms with Gasteiger partial charge in [-0.3, -0.25) is 4.79 Å². The average Bonchev–Trinajstić information content (AvgIpc) is 2.49. The summed E-state index contributed by atoms with van der Waals surface area (Å²) in [6.07, 6.45) is 1.38. The van der Waals surface area contributed by atoms with E-state index < -0.39 is 15.9 Å². The molecule has 6 nitrogen and oxygen atoms in total. The Morgan fingerprint density at radius 3 is 2.63 bits per heavy atom. The number of fused-ring (bicyclic) bond motifs is 1. The van der Waals surface area contributed by atoms with Gasteiger partial charge in [0.25, 0.3) is 15.9 Å². The molecule has 2 heterocycles. The van der Waals surface area contributed by atoms with E-state index in [1.807, 2.05) is 20.8 Å². The highest BCUT2D eigenvalue weighted by molar-refractivity contribution is 7.90. The van der Waals surface area contributed by atoms with Crippen LogP contribution in [0.15, 0.2) is 23.4 Å². The van der Waals surface area contributed by atoms with Gasteiger partial charge < -0.3 is 5.32 Å². The second-order valence-electron chi connectivity index (χ2n) is 5.42. The Balaban J connectivity index is 2.19. The molecule has 1 amide bonds. The number of hydrogen-bond acceptors (Lipinski definition) is 5. The molecule has 0 unspecified atom stereocenters. The average molecular weight is 283 g/mol. The molecule has 0 atom stereocenters. The Morgan fingerprint density at radius 2 is 2.05 bits per heavy atom. The summed E-state index contributed by atoms with van der Waals surface area (Å²) in [5.41, 5.74) is 0.0238. The van der Waals surface area contributed by atoms with Crippen LogP contribution in [-0.2, 0) is 10.0 Å². The monoisotopic (exact) mass is 283 g/mol. The van der Waals surface area contributed by atoms with Gasteiger partial charge in [0.15, 0.2) is 5.03 Å². The van der Waals surface area contributed by atoms with Crippen LogP contribution in [0, 0.1) is 0 Å². The van der Waals surface area contributed by atoms with E-state index in [4.69, 9.17) is 0 Å². The number of carbonyl (C=O) groups is 1. The van der Waals surface area contributed by atoms with E-state index in [0.29, 0.717) is 6.54 Å². The van der Waals surface area contributed by atoms with E-state index in [1.165, 1.54) is 12.3 Å². The molecule has 1 aliphatic rings. The molecule has 1 aromatic heterocycles. The molecular weight excluding hydrogens is 266 g/mol. The molecule has 19 heavy (non-hydrogen) atoms. The number of carbonyl (C=O) groups excluding carboxylic acids is 1. The SMILES string of the molecule is CC(C)(C)NCCN1C(=O)c2cccnc2S1(=O)=O. The molecule has 1 aliphatic heterocycles. The van der Waals surface area contributed by atoms with E-state index in [1.54, 1.807) is 6.07 Å². The third-order valence-corrected chi connectivity index (χ3v) is 4.48. The molecule has 0 aromatic carbocycles. The van der Waals surface area contributed by atoms with Crippen molar-refractivity contribution in [2.24, 2.45) is 0 Å². The van der Waals surface area contributed by atoms with Gasteiger partial charge in [0.2, 0.25) is 0 Å². The minimum atomic E-state index is -3.78. The molecule has 0 spiro atoms. The lowest BCUT2D eigenvalue weighted by molar-refractivity contribution is 0.0870. The molecule has 7 heteroatoms. The number of amides is 1. The van der Waals surface area contributed by atoms with Gasteiger partial charge in [-0.15, -0.1) is 0 Å². The molecule has 1 N–H and O–H groups in total. The first-order chi connectivity index (χ1) is 8.73. The predicted octanol–water partition coefficient (Wildman–Crippen LogP) is 0.614. The molecule has 1 aromatic rings. The summed E-state index contributed by atoms with van der Waals surface area (Å²) in [4.78, 5) is 15.8. The summed E-state index contributed by atoms with van der Waals surface area (Å²) >= 11 is 0. The van der Waals surface area contributed by atoms with Crippen molar-refractivity contribution < 1.29 is 13.2 Å². The topological polar surface area (TPSA) is 79.4 Å². The normalized spacial score (nSPS) is 17.6. The Labute approximate surface area is 112 Å². The van der Waals surface area contributed by atoms with Crippen molar-refractivity contribution in [3.05, 3.63) is 23.9 Å². The van der Waals surface area contributed by atoms with Crippen LogP contribution in [0.25, 0.3) is 0 Å². The zero-order valence-corrected chi connectivity index (χ0v) is 12.0. The van der Waals surface area contributed by atoms with E-state index in [-0.39, 0.29) is 22.7 Å². The minimum absolute atomic E-state index is 0.106. The van der Waals surface area contributed by atoms with Crippen molar-refractivity contribution in [2.45, 2.75) is 31.3 Å². The highest BCUT2D eigenvalue weighted by atomic mass is 32.2. The molecule has 0 radical (unpaired) electrons. The third-order valence-electron chi connectivity index (χ3n) is 2.73. The van der Waals surface area contributed by atoms with E-state index in [2.05, 4.69) is 10.3 Å². The summed E-state index contributed by atoms with van der Waals surface area (Å²) in [5, 5.41) is 3.01. The fraction of sp³-hybridized carbons (Fsp3) is 0.500. The lowest BCUT2D eigenvalue weighted by Crippen LogP contribution is -2.43. The second-order valence-corrected chi connectivity index (χ2v) is 7.19. The van der Waals surface area contributed by atoms with Crippen molar-refractivity contribution in [3.8, 4) is 0 Å². The number of nitrogens with zero attached hydrogens (tertiary/aromatic N) is 2. The van der Waals surface area contributed by atoms with Crippen molar-refractivity contribution in [1.29, 1.82) is 0 Å². The fourth-order valence-electron chi connectivity index (χ4n) is 1.86. The van der Waals surface area contributed by atoms with Crippen LogP contribution in [0.1, 0.15) is 31.1 Å². The minimum Gasteiger partial charge on any atom is -0.310 e. The number of aromatic nitrogens is 1. The lowest BCUT2D eigenvalue weighted by Gasteiger charge is -2.22. The van der Waals surface area contributed by atoms with E-state index >= 15 is 0 Å².